The first-order chi connectivity index (χ1) is 15.1. The van der Waals surface area contributed by atoms with Crippen molar-refractivity contribution >= 4 is 33.4 Å². The van der Waals surface area contributed by atoms with Gasteiger partial charge in [-0.05, 0) is 60.2 Å². The van der Waals surface area contributed by atoms with Gasteiger partial charge >= 0.3 is 0 Å². The Kier molecular flexibility index (Phi) is 4.52. The molecule has 150 valence electrons. The summed E-state index contributed by atoms with van der Waals surface area (Å²) in [4.78, 5) is 34.4. The zero-order valence-corrected chi connectivity index (χ0v) is 16.7. The van der Waals surface area contributed by atoms with Crippen LogP contribution in [-0.2, 0) is 0 Å². The average molecular weight is 406 g/mol. The van der Waals surface area contributed by atoms with E-state index in [-0.39, 0.29) is 11.5 Å². The molecule has 0 aliphatic rings. The average Bonchev–Trinajstić information content (AvgIpc) is 2.80. The summed E-state index contributed by atoms with van der Waals surface area (Å²) in [7, 11) is 0. The van der Waals surface area contributed by atoms with Gasteiger partial charge in [0.1, 0.15) is 5.82 Å². The minimum absolute atomic E-state index is 0.178. The van der Waals surface area contributed by atoms with Crippen LogP contribution in [0.4, 0.5) is 5.69 Å². The number of hydrogen-bond donors (Lipinski definition) is 1. The highest BCUT2D eigenvalue weighted by molar-refractivity contribution is 6.12. The predicted molar refractivity (Wildman–Crippen MR) is 122 cm³/mol. The fourth-order valence-corrected chi connectivity index (χ4v) is 3.74. The number of amides is 1. The maximum atomic E-state index is 12.9. The summed E-state index contributed by atoms with van der Waals surface area (Å²) >= 11 is 0. The first-order valence-corrected chi connectivity index (χ1v) is 9.86. The molecular formula is C25H18N4O2. The highest BCUT2D eigenvalue weighted by atomic mass is 16.1. The fraction of sp³-hybridized carbons (Fsp3) is 0.0400. The summed E-state index contributed by atoms with van der Waals surface area (Å²) in [5, 5.41) is 5.31. The Hall–Kier alpha value is -4.32. The molecule has 5 aromatic rings. The molecule has 1 amide bonds. The molecule has 2 heterocycles. The highest BCUT2D eigenvalue weighted by Gasteiger charge is 2.12. The summed E-state index contributed by atoms with van der Waals surface area (Å²) in [6, 6.07) is 24.0. The van der Waals surface area contributed by atoms with E-state index in [0.717, 1.165) is 10.8 Å². The van der Waals surface area contributed by atoms with Crippen LogP contribution in [0.3, 0.4) is 0 Å². The Bertz CT molecular complexity index is 1500. The summed E-state index contributed by atoms with van der Waals surface area (Å²) in [5.74, 6) is 0.361. The molecule has 0 saturated heterocycles. The molecule has 3 aromatic carbocycles. The molecule has 0 unspecified atom stereocenters. The van der Waals surface area contributed by atoms with E-state index in [2.05, 4.69) is 15.3 Å². The largest absolute Gasteiger partial charge is 0.322 e. The molecule has 5 rings (SSSR count). The van der Waals surface area contributed by atoms with Crippen LogP contribution in [0.15, 0.2) is 89.9 Å². The lowest BCUT2D eigenvalue weighted by Crippen LogP contribution is -2.22. The molecule has 0 atom stereocenters. The van der Waals surface area contributed by atoms with Gasteiger partial charge < -0.3 is 5.32 Å². The van der Waals surface area contributed by atoms with Gasteiger partial charge in [0.15, 0.2) is 5.65 Å². The molecular weight excluding hydrogens is 388 g/mol. The Labute approximate surface area is 177 Å². The maximum Gasteiger partial charge on any atom is 0.267 e. The number of carbonyl (C=O) groups excluding carboxylic acids is 1. The SMILES string of the molecule is Cc1nc2ncccc2c(=O)n1-c1ccc(NC(=O)c2cccc3ccccc23)cc1. The van der Waals surface area contributed by atoms with Crippen molar-refractivity contribution in [3.8, 4) is 5.69 Å². The van der Waals surface area contributed by atoms with Gasteiger partial charge in [-0.25, -0.2) is 9.97 Å². The van der Waals surface area contributed by atoms with Gasteiger partial charge in [0.05, 0.1) is 11.1 Å². The summed E-state index contributed by atoms with van der Waals surface area (Å²) < 4.78 is 1.54. The molecule has 0 spiro atoms. The second kappa shape index (κ2) is 7.50. The molecule has 2 aromatic heterocycles. The number of anilines is 1. The van der Waals surface area contributed by atoms with Crippen LogP contribution in [0.5, 0.6) is 0 Å². The van der Waals surface area contributed by atoms with Crippen molar-refractivity contribution in [2.75, 3.05) is 5.32 Å². The van der Waals surface area contributed by atoms with Crippen molar-refractivity contribution in [1.29, 1.82) is 0 Å². The van der Waals surface area contributed by atoms with Crippen molar-refractivity contribution in [3.05, 3.63) is 107 Å². The van der Waals surface area contributed by atoms with Gasteiger partial charge in [-0.15, -0.1) is 0 Å². The molecule has 0 radical (unpaired) electrons. The molecule has 6 nitrogen and oxygen atoms in total. The van der Waals surface area contributed by atoms with Gasteiger partial charge in [-0.3, -0.25) is 14.2 Å². The normalized spacial score (nSPS) is 11.0. The zero-order valence-electron chi connectivity index (χ0n) is 16.7. The molecule has 0 aliphatic heterocycles. The lowest BCUT2D eigenvalue weighted by Gasteiger charge is -2.12. The molecule has 0 saturated carbocycles. The van der Waals surface area contributed by atoms with Crippen LogP contribution < -0.4 is 10.9 Å². The van der Waals surface area contributed by atoms with E-state index < -0.39 is 0 Å². The number of hydrogen-bond acceptors (Lipinski definition) is 4. The van der Waals surface area contributed by atoms with E-state index in [1.807, 2.05) is 42.5 Å². The molecule has 0 fully saturated rings. The monoisotopic (exact) mass is 406 g/mol. The minimum atomic E-state index is -0.184. The maximum absolute atomic E-state index is 12.9. The van der Waals surface area contributed by atoms with Gasteiger partial charge in [-0.1, -0.05) is 36.4 Å². The molecule has 1 N–H and O–H groups in total. The van der Waals surface area contributed by atoms with Crippen LogP contribution in [0, 0.1) is 6.92 Å². The smallest absolute Gasteiger partial charge is 0.267 e. The zero-order chi connectivity index (χ0) is 21.4. The van der Waals surface area contributed by atoms with Gasteiger partial charge in [0.2, 0.25) is 0 Å². The quantitative estimate of drug-likeness (QED) is 0.479. The van der Waals surface area contributed by atoms with E-state index in [9.17, 15) is 9.59 Å². The number of fused-ring (bicyclic) bond motifs is 2. The van der Waals surface area contributed by atoms with Gasteiger partial charge in [0.25, 0.3) is 11.5 Å². The molecule has 0 bridgehead atoms. The molecule has 6 heteroatoms. The van der Waals surface area contributed by atoms with Crippen LogP contribution in [0.1, 0.15) is 16.2 Å². The number of rotatable bonds is 3. The predicted octanol–water partition coefficient (Wildman–Crippen LogP) is 4.49. The Balaban J connectivity index is 1.47. The number of benzene rings is 3. The summed E-state index contributed by atoms with van der Waals surface area (Å²) in [5.41, 5.74) is 2.18. The number of aromatic nitrogens is 3. The third-order valence-corrected chi connectivity index (χ3v) is 5.23. The summed E-state index contributed by atoms with van der Waals surface area (Å²) in [6.07, 6.45) is 1.62. The second-order valence-electron chi connectivity index (χ2n) is 7.20. The summed E-state index contributed by atoms with van der Waals surface area (Å²) in [6.45, 7) is 1.77. The van der Waals surface area contributed by atoms with E-state index >= 15 is 0 Å². The van der Waals surface area contributed by atoms with Crippen LogP contribution in [0.2, 0.25) is 0 Å². The van der Waals surface area contributed by atoms with E-state index in [1.54, 1.807) is 54.1 Å². The minimum Gasteiger partial charge on any atom is -0.322 e. The number of pyridine rings is 1. The topological polar surface area (TPSA) is 76.9 Å². The lowest BCUT2D eigenvalue weighted by molar-refractivity contribution is 0.102. The van der Waals surface area contributed by atoms with Crippen LogP contribution in [0.25, 0.3) is 27.5 Å². The van der Waals surface area contributed by atoms with Crippen LogP contribution >= 0.6 is 0 Å². The van der Waals surface area contributed by atoms with Gasteiger partial charge in [-0.2, -0.15) is 0 Å². The highest BCUT2D eigenvalue weighted by Crippen LogP contribution is 2.21. The second-order valence-corrected chi connectivity index (χ2v) is 7.20. The first-order valence-electron chi connectivity index (χ1n) is 9.86. The Morgan fingerprint density at radius 1 is 0.871 bits per heavy atom. The van der Waals surface area contributed by atoms with E-state index in [1.165, 1.54) is 0 Å². The fourth-order valence-electron chi connectivity index (χ4n) is 3.74. The van der Waals surface area contributed by atoms with Crippen molar-refractivity contribution in [2.24, 2.45) is 0 Å². The number of aryl methyl sites for hydroxylation is 1. The Morgan fingerprint density at radius 2 is 1.61 bits per heavy atom. The lowest BCUT2D eigenvalue weighted by atomic mass is 10.0. The first kappa shape index (κ1) is 18.7. The number of nitrogens with zero attached hydrogens (tertiary/aromatic N) is 3. The number of carbonyl (C=O) groups is 1. The van der Waals surface area contributed by atoms with Crippen molar-refractivity contribution < 1.29 is 4.79 Å². The van der Waals surface area contributed by atoms with Crippen molar-refractivity contribution in [2.45, 2.75) is 6.92 Å². The van der Waals surface area contributed by atoms with Crippen molar-refractivity contribution in [3.63, 3.8) is 0 Å². The molecule has 31 heavy (non-hydrogen) atoms. The third-order valence-electron chi connectivity index (χ3n) is 5.23. The molecule has 0 aliphatic carbocycles. The third kappa shape index (κ3) is 3.34. The van der Waals surface area contributed by atoms with E-state index in [4.69, 9.17) is 0 Å². The number of nitrogens with one attached hydrogen (secondary N) is 1. The van der Waals surface area contributed by atoms with Gasteiger partial charge in [0, 0.05) is 17.4 Å². The van der Waals surface area contributed by atoms with Crippen molar-refractivity contribution in [1.82, 2.24) is 14.5 Å². The standard InChI is InChI=1S/C25H18N4O2/c1-16-27-23-22(10-5-15-26-23)25(31)29(16)19-13-11-18(12-14-19)28-24(30)21-9-4-7-17-6-2-3-8-20(17)21/h2-15H,1H3,(H,28,30). The van der Waals surface area contributed by atoms with E-state index in [0.29, 0.717) is 33.8 Å². The Morgan fingerprint density at radius 3 is 2.45 bits per heavy atom. The van der Waals surface area contributed by atoms with Crippen LogP contribution in [-0.4, -0.2) is 20.4 Å².